The van der Waals surface area contributed by atoms with E-state index in [1.807, 2.05) is 17.7 Å². The van der Waals surface area contributed by atoms with Crippen LogP contribution < -0.4 is 0 Å². The second kappa shape index (κ2) is 4.57. The second-order valence-corrected chi connectivity index (χ2v) is 4.16. The van der Waals surface area contributed by atoms with Crippen LogP contribution in [0.25, 0.3) is 11.0 Å². The number of hydrogen-bond acceptors (Lipinski definition) is 2. The van der Waals surface area contributed by atoms with Gasteiger partial charge in [0.05, 0.1) is 17.5 Å². The van der Waals surface area contributed by atoms with Gasteiger partial charge in [-0.3, -0.25) is 4.79 Å². The summed E-state index contributed by atoms with van der Waals surface area (Å²) in [6, 6.07) is 6.18. The lowest BCUT2D eigenvalue weighted by Crippen LogP contribution is -2.03. The number of imidazole rings is 1. The van der Waals surface area contributed by atoms with E-state index in [1.165, 1.54) is 5.56 Å². The van der Waals surface area contributed by atoms with Crippen molar-refractivity contribution >= 4 is 17.0 Å². The Kier molecular flexibility index (Phi) is 3.13. The fourth-order valence-electron chi connectivity index (χ4n) is 1.95. The quantitative estimate of drug-likeness (QED) is 0.878. The Bertz CT molecular complexity index is 558. The van der Waals surface area contributed by atoms with Gasteiger partial charge in [0.1, 0.15) is 5.82 Å². The Morgan fingerprint density at radius 1 is 1.47 bits per heavy atom. The summed E-state index contributed by atoms with van der Waals surface area (Å²) in [4.78, 5) is 15.0. The van der Waals surface area contributed by atoms with Crippen molar-refractivity contribution in [3.8, 4) is 0 Å². The summed E-state index contributed by atoms with van der Waals surface area (Å²) in [6.45, 7) is 2.11. The fourth-order valence-corrected chi connectivity index (χ4v) is 1.95. The number of aromatic nitrogens is 2. The molecule has 0 bridgehead atoms. The van der Waals surface area contributed by atoms with Crippen molar-refractivity contribution in [1.29, 1.82) is 0 Å². The summed E-state index contributed by atoms with van der Waals surface area (Å²) in [5, 5.41) is 8.69. The van der Waals surface area contributed by atoms with E-state index in [0.717, 1.165) is 23.3 Å². The van der Waals surface area contributed by atoms with Gasteiger partial charge in [-0.2, -0.15) is 0 Å². The predicted molar refractivity (Wildman–Crippen MR) is 66.0 cm³/mol. The molecule has 0 radical (unpaired) electrons. The van der Waals surface area contributed by atoms with E-state index < -0.39 is 5.97 Å². The lowest BCUT2D eigenvalue weighted by molar-refractivity contribution is -0.137. The van der Waals surface area contributed by atoms with Crippen LogP contribution in [-0.2, 0) is 24.7 Å². The van der Waals surface area contributed by atoms with Gasteiger partial charge in [-0.25, -0.2) is 4.98 Å². The molecule has 1 aromatic carbocycles. The lowest BCUT2D eigenvalue weighted by Gasteiger charge is -2.01. The molecule has 0 amide bonds. The summed E-state index contributed by atoms with van der Waals surface area (Å²) >= 11 is 0. The van der Waals surface area contributed by atoms with Crippen LogP contribution in [0.4, 0.5) is 0 Å². The normalized spacial score (nSPS) is 10.9. The van der Waals surface area contributed by atoms with Gasteiger partial charge in [-0.15, -0.1) is 0 Å². The van der Waals surface area contributed by atoms with Gasteiger partial charge in [0.2, 0.25) is 0 Å². The largest absolute Gasteiger partial charge is 0.481 e. The SMILES string of the molecule is CCc1ccc2nc(CCC(=O)O)n(C)c2c1. The molecule has 4 heteroatoms. The Labute approximate surface area is 99.9 Å². The van der Waals surface area contributed by atoms with Crippen molar-refractivity contribution in [2.75, 3.05) is 0 Å². The molecule has 2 rings (SSSR count). The summed E-state index contributed by atoms with van der Waals surface area (Å²) in [7, 11) is 1.94. The van der Waals surface area contributed by atoms with Gasteiger partial charge in [-0.05, 0) is 24.1 Å². The Hall–Kier alpha value is -1.84. The molecular weight excluding hydrogens is 216 g/mol. The minimum Gasteiger partial charge on any atom is -0.481 e. The molecular formula is C13H16N2O2. The molecule has 90 valence electrons. The second-order valence-electron chi connectivity index (χ2n) is 4.16. The topological polar surface area (TPSA) is 55.1 Å². The first kappa shape index (κ1) is 11.6. The van der Waals surface area contributed by atoms with Crippen LogP contribution in [0.1, 0.15) is 24.7 Å². The van der Waals surface area contributed by atoms with Crippen molar-refractivity contribution in [2.24, 2.45) is 7.05 Å². The number of rotatable bonds is 4. The molecule has 0 spiro atoms. The van der Waals surface area contributed by atoms with Gasteiger partial charge in [0, 0.05) is 13.5 Å². The van der Waals surface area contributed by atoms with Crippen molar-refractivity contribution in [2.45, 2.75) is 26.2 Å². The molecule has 0 fully saturated rings. The third-order valence-electron chi connectivity index (χ3n) is 3.01. The number of aryl methyl sites for hydroxylation is 3. The number of hydrogen-bond donors (Lipinski definition) is 1. The number of benzene rings is 1. The monoisotopic (exact) mass is 232 g/mol. The standard InChI is InChI=1S/C13H16N2O2/c1-3-9-4-5-10-11(8-9)15(2)12(14-10)6-7-13(16)17/h4-5,8H,3,6-7H2,1-2H3,(H,16,17). The van der Waals surface area contributed by atoms with E-state index in [1.54, 1.807) is 0 Å². The van der Waals surface area contributed by atoms with Crippen LogP contribution in [-0.4, -0.2) is 20.6 Å². The molecule has 4 nitrogen and oxygen atoms in total. The summed E-state index contributed by atoms with van der Waals surface area (Å²) in [5.74, 6) is 0.0435. The van der Waals surface area contributed by atoms with Crippen molar-refractivity contribution < 1.29 is 9.90 Å². The third kappa shape index (κ3) is 2.30. The van der Waals surface area contributed by atoms with E-state index in [0.29, 0.717) is 6.42 Å². The molecule has 1 N–H and O–H groups in total. The Morgan fingerprint density at radius 3 is 2.88 bits per heavy atom. The smallest absolute Gasteiger partial charge is 0.303 e. The van der Waals surface area contributed by atoms with Crippen LogP contribution in [0.15, 0.2) is 18.2 Å². The molecule has 17 heavy (non-hydrogen) atoms. The van der Waals surface area contributed by atoms with Crippen molar-refractivity contribution in [3.63, 3.8) is 0 Å². The van der Waals surface area contributed by atoms with Crippen LogP contribution >= 0.6 is 0 Å². The van der Waals surface area contributed by atoms with E-state index in [4.69, 9.17) is 5.11 Å². The Balaban J connectivity index is 2.38. The zero-order chi connectivity index (χ0) is 12.4. The van der Waals surface area contributed by atoms with Crippen molar-refractivity contribution in [1.82, 2.24) is 9.55 Å². The van der Waals surface area contributed by atoms with Crippen LogP contribution in [0.2, 0.25) is 0 Å². The minimum atomic E-state index is -0.786. The highest BCUT2D eigenvalue weighted by Crippen LogP contribution is 2.18. The third-order valence-corrected chi connectivity index (χ3v) is 3.01. The number of aliphatic carboxylic acids is 1. The van der Waals surface area contributed by atoms with E-state index in [9.17, 15) is 4.79 Å². The van der Waals surface area contributed by atoms with Gasteiger partial charge < -0.3 is 9.67 Å². The molecule has 0 atom stereocenters. The van der Waals surface area contributed by atoms with Gasteiger partial charge in [-0.1, -0.05) is 13.0 Å². The maximum atomic E-state index is 10.6. The molecule has 0 unspecified atom stereocenters. The highest BCUT2D eigenvalue weighted by atomic mass is 16.4. The molecule has 0 aliphatic heterocycles. The first-order valence-corrected chi connectivity index (χ1v) is 5.78. The van der Waals surface area contributed by atoms with E-state index in [-0.39, 0.29) is 6.42 Å². The van der Waals surface area contributed by atoms with E-state index >= 15 is 0 Å². The first-order chi connectivity index (χ1) is 8.11. The maximum Gasteiger partial charge on any atom is 0.303 e. The molecule has 0 saturated carbocycles. The molecule has 2 aromatic rings. The predicted octanol–water partition coefficient (Wildman–Crippen LogP) is 2.15. The van der Waals surface area contributed by atoms with Crippen LogP contribution in [0.5, 0.6) is 0 Å². The minimum absolute atomic E-state index is 0.123. The number of nitrogens with zero attached hydrogens (tertiary/aromatic N) is 2. The van der Waals surface area contributed by atoms with Gasteiger partial charge in [0.15, 0.2) is 0 Å². The zero-order valence-corrected chi connectivity index (χ0v) is 10.1. The molecule has 0 aliphatic rings. The average molecular weight is 232 g/mol. The molecule has 1 heterocycles. The average Bonchev–Trinajstić information content (AvgIpc) is 2.63. The Morgan fingerprint density at radius 2 is 2.24 bits per heavy atom. The van der Waals surface area contributed by atoms with E-state index in [2.05, 4.69) is 24.0 Å². The first-order valence-electron chi connectivity index (χ1n) is 5.78. The lowest BCUT2D eigenvalue weighted by atomic mass is 10.1. The van der Waals surface area contributed by atoms with Crippen LogP contribution in [0, 0.1) is 0 Å². The summed E-state index contributed by atoms with van der Waals surface area (Å²) in [5.41, 5.74) is 3.28. The van der Waals surface area contributed by atoms with Gasteiger partial charge >= 0.3 is 5.97 Å². The van der Waals surface area contributed by atoms with Gasteiger partial charge in [0.25, 0.3) is 0 Å². The molecule has 0 saturated heterocycles. The van der Waals surface area contributed by atoms with Crippen molar-refractivity contribution in [3.05, 3.63) is 29.6 Å². The number of carboxylic acid groups (broad SMARTS) is 1. The highest BCUT2D eigenvalue weighted by Gasteiger charge is 2.09. The summed E-state index contributed by atoms with van der Waals surface area (Å²) in [6.07, 6.45) is 1.59. The summed E-state index contributed by atoms with van der Waals surface area (Å²) < 4.78 is 1.98. The molecule has 1 aromatic heterocycles. The maximum absolute atomic E-state index is 10.6. The number of carboxylic acids is 1. The van der Waals surface area contributed by atoms with Crippen LogP contribution in [0.3, 0.4) is 0 Å². The number of carbonyl (C=O) groups is 1. The molecule has 0 aliphatic carbocycles. The number of fused-ring (bicyclic) bond motifs is 1. The highest BCUT2D eigenvalue weighted by molar-refractivity contribution is 5.77. The zero-order valence-electron chi connectivity index (χ0n) is 10.1. The fraction of sp³-hybridized carbons (Fsp3) is 0.385.